The van der Waals surface area contributed by atoms with Gasteiger partial charge in [-0.15, -0.1) is 0 Å². The van der Waals surface area contributed by atoms with E-state index < -0.39 is 23.8 Å². The molecule has 1 unspecified atom stereocenters. The quantitative estimate of drug-likeness (QED) is 0.735. The first-order valence-corrected chi connectivity index (χ1v) is 8.13. The van der Waals surface area contributed by atoms with Crippen molar-refractivity contribution < 1.29 is 18.3 Å². The third-order valence-corrected chi connectivity index (χ3v) is 4.33. The molecule has 1 amide bonds. The van der Waals surface area contributed by atoms with Crippen molar-refractivity contribution in [2.24, 2.45) is 0 Å². The molecule has 0 aliphatic carbocycles. The Balaban J connectivity index is 1.75. The number of rotatable bonds is 3. The second kappa shape index (κ2) is 7.47. The van der Waals surface area contributed by atoms with E-state index in [1.165, 1.54) is 6.07 Å². The normalized spacial score (nSPS) is 17.4. The summed E-state index contributed by atoms with van der Waals surface area (Å²) in [6, 6.07) is 12.7. The number of nitrogens with zero attached hydrogens (tertiary/aromatic N) is 1. The third kappa shape index (κ3) is 4.05. The molecule has 1 heterocycles. The summed E-state index contributed by atoms with van der Waals surface area (Å²) < 4.78 is 32.2. The van der Waals surface area contributed by atoms with Gasteiger partial charge in [-0.25, -0.2) is 13.6 Å². The molecule has 1 aliphatic heterocycles. The molecule has 130 valence electrons. The molecular formula is C20H19F2NO2. The van der Waals surface area contributed by atoms with Gasteiger partial charge in [0.2, 0.25) is 0 Å². The summed E-state index contributed by atoms with van der Waals surface area (Å²) in [5, 5.41) is 0. The summed E-state index contributed by atoms with van der Waals surface area (Å²) in [7, 11) is 0. The van der Waals surface area contributed by atoms with Crippen molar-refractivity contribution in [3.63, 3.8) is 0 Å². The van der Waals surface area contributed by atoms with Gasteiger partial charge in [0, 0.05) is 6.54 Å². The summed E-state index contributed by atoms with van der Waals surface area (Å²) in [6.45, 7) is 4.58. The summed E-state index contributed by atoms with van der Waals surface area (Å²) >= 11 is 0. The third-order valence-electron chi connectivity index (χ3n) is 4.33. The van der Waals surface area contributed by atoms with Crippen LogP contribution in [0.25, 0.3) is 0 Å². The molecule has 1 aliphatic rings. The van der Waals surface area contributed by atoms with Gasteiger partial charge in [-0.2, -0.15) is 0 Å². The van der Waals surface area contributed by atoms with Crippen LogP contribution in [0.3, 0.4) is 0 Å². The van der Waals surface area contributed by atoms with E-state index in [2.05, 4.69) is 6.58 Å². The Bertz CT molecular complexity index is 777. The molecule has 0 spiro atoms. The van der Waals surface area contributed by atoms with Crippen LogP contribution in [0.4, 0.5) is 13.6 Å². The predicted octanol–water partition coefficient (Wildman–Crippen LogP) is 4.99. The van der Waals surface area contributed by atoms with Gasteiger partial charge in [0.1, 0.15) is 6.61 Å². The Labute approximate surface area is 145 Å². The molecule has 0 radical (unpaired) electrons. The van der Waals surface area contributed by atoms with Gasteiger partial charge < -0.3 is 9.64 Å². The number of ether oxygens (including phenoxy) is 1. The lowest BCUT2D eigenvalue weighted by atomic mass is 9.92. The molecule has 1 atom stereocenters. The van der Waals surface area contributed by atoms with E-state index in [0.29, 0.717) is 24.9 Å². The van der Waals surface area contributed by atoms with E-state index in [-0.39, 0.29) is 6.61 Å². The van der Waals surface area contributed by atoms with E-state index in [4.69, 9.17) is 4.74 Å². The molecular weight excluding hydrogens is 324 g/mol. The van der Waals surface area contributed by atoms with Crippen molar-refractivity contribution >= 4 is 6.09 Å². The maximum Gasteiger partial charge on any atom is 0.410 e. The Morgan fingerprint density at radius 3 is 2.64 bits per heavy atom. The molecule has 2 aromatic carbocycles. The number of hydrogen-bond acceptors (Lipinski definition) is 2. The van der Waals surface area contributed by atoms with Crippen molar-refractivity contribution in [1.82, 2.24) is 4.90 Å². The number of piperidine rings is 1. The number of hydrogen-bond donors (Lipinski definition) is 0. The molecule has 0 aromatic heterocycles. The van der Waals surface area contributed by atoms with Gasteiger partial charge in [-0.1, -0.05) is 48.6 Å². The van der Waals surface area contributed by atoms with Gasteiger partial charge in [-0.05, 0) is 36.1 Å². The molecule has 1 fully saturated rings. The van der Waals surface area contributed by atoms with Crippen molar-refractivity contribution in [1.29, 1.82) is 0 Å². The van der Waals surface area contributed by atoms with Crippen molar-refractivity contribution in [2.45, 2.75) is 25.5 Å². The highest BCUT2D eigenvalue weighted by atomic mass is 19.2. The van der Waals surface area contributed by atoms with Crippen molar-refractivity contribution in [2.75, 3.05) is 6.54 Å². The topological polar surface area (TPSA) is 29.5 Å². The zero-order valence-corrected chi connectivity index (χ0v) is 13.8. The van der Waals surface area contributed by atoms with Gasteiger partial charge >= 0.3 is 6.09 Å². The Morgan fingerprint density at radius 1 is 1.16 bits per heavy atom. The highest BCUT2D eigenvalue weighted by Gasteiger charge is 2.31. The number of amides is 1. The van der Waals surface area contributed by atoms with Crippen LogP contribution in [-0.2, 0) is 11.3 Å². The number of carbonyl (C=O) groups excluding carboxylic acids is 1. The molecule has 0 bridgehead atoms. The minimum Gasteiger partial charge on any atom is -0.445 e. The lowest BCUT2D eigenvalue weighted by Gasteiger charge is -2.36. The fourth-order valence-corrected chi connectivity index (χ4v) is 2.96. The standard InChI is InChI=1S/C20H19F2NO2/c1-14-9-10-23(20(24)25-13-15-5-3-2-4-6-15)19(11-14)16-7-8-17(21)18(22)12-16/h2-8,12,19H,1,9-11,13H2. The molecule has 3 rings (SSSR count). The van der Waals surface area contributed by atoms with Crippen LogP contribution in [0.1, 0.15) is 30.0 Å². The monoisotopic (exact) mass is 343 g/mol. The first-order valence-electron chi connectivity index (χ1n) is 8.13. The van der Waals surface area contributed by atoms with Gasteiger partial charge in [0.25, 0.3) is 0 Å². The lowest BCUT2D eigenvalue weighted by Crippen LogP contribution is -2.39. The summed E-state index contributed by atoms with van der Waals surface area (Å²) in [6.07, 6.45) is 0.706. The average Bonchev–Trinajstić information content (AvgIpc) is 2.63. The number of halogens is 2. The molecule has 2 aromatic rings. The van der Waals surface area contributed by atoms with Crippen LogP contribution in [0.2, 0.25) is 0 Å². The van der Waals surface area contributed by atoms with Crippen LogP contribution in [0.15, 0.2) is 60.7 Å². The van der Waals surface area contributed by atoms with E-state index in [0.717, 1.165) is 23.3 Å². The zero-order valence-electron chi connectivity index (χ0n) is 13.8. The fraction of sp³-hybridized carbons (Fsp3) is 0.250. The Kier molecular flexibility index (Phi) is 5.12. The second-order valence-corrected chi connectivity index (χ2v) is 6.13. The summed E-state index contributed by atoms with van der Waals surface area (Å²) in [5.41, 5.74) is 2.40. The Morgan fingerprint density at radius 2 is 1.92 bits per heavy atom. The Hall–Kier alpha value is -2.69. The fourth-order valence-electron chi connectivity index (χ4n) is 2.96. The lowest BCUT2D eigenvalue weighted by molar-refractivity contribution is 0.0746. The van der Waals surface area contributed by atoms with Crippen LogP contribution >= 0.6 is 0 Å². The summed E-state index contributed by atoms with van der Waals surface area (Å²) in [5.74, 6) is -1.83. The predicted molar refractivity (Wildman–Crippen MR) is 90.8 cm³/mol. The zero-order chi connectivity index (χ0) is 17.8. The first-order chi connectivity index (χ1) is 12.0. The number of carbonyl (C=O) groups is 1. The van der Waals surface area contributed by atoms with Crippen LogP contribution in [0, 0.1) is 11.6 Å². The van der Waals surface area contributed by atoms with Crippen LogP contribution in [0.5, 0.6) is 0 Å². The molecule has 0 N–H and O–H groups in total. The molecule has 25 heavy (non-hydrogen) atoms. The smallest absolute Gasteiger partial charge is 0.410 e. The molecule has 3 nitrogen and oxygen atoms in total. The SMILES string of the molecule is C=C1CCN(C(=O)OCc2ccccc2)C(c2ccc(F)c(F)c2)C1. The highest BCUT2D eigenvalue weighted by Crippen LogP contribution is 2.34. The summed E-state index contributed by atoms with van der Waals surface area (Å²) in [4.78, 5) is 14.1. The van der Waals surface area contributed by atoms with Gasteiger partial charge in [-0.3, -0.25) is 0 Å². The van der Waals surface area contributed by atoms with Crippen LogP contribution in [-0.4, -0.2) is 17.5 Å². The molecule has 1 saturated heterocycles. The van der Waals surface area contributed by atoms with Crippen molar-refractivity contribution in [3.8, 4) is 0 Å². The van der Waals surface area contributed by atoms with E-state index in [1.54, 1.807) is 4.90 Å². The molecule has 5 heteroatoms. The minimum absolute atomic E-state index is 0.168. The van der Waals surface area contributed by atoms with E-state index in [9.17, 15) is 13.6 Å². The number of likely N-dealkylation sites (tertiary alicyclic amines) is 1. The van der Waals surface area contributed by atoms with E-state index >= 15 is 0 Å². The largest absolute Gasteiger partial charge is 0.445 e. The van der Waals surface area contributed by atoms with Gasteiger partial charge in [0.15, 0.2) is 11.6 Å². The highest BCUT2D eigenvalue weighted by molar-refractivity contribution is 5.69. The maximum atomic E-state index is 13.6. The average molecular weight is 343 g/mol. The van der Waals surface area contributed by atoms with Gasteiger partial charge in [0.05, 0.1) is 6.04 Å². The molecule has 0 saturated carbocycles. The van der Waals surface area contributed by atoms with Crippen LogP contribution < -0.4 is 0 Å². The minimum atomic E-state index is -0.925. The first kappa shape index (κ1) is 17.1. The number of benzene rings is 2. The van der Waals surface area contributed by atoms with Crippen molar-refractivity contribution in [3.05, 3.63) is 83.4 Å². The second-order valence-electron chi connectivity index (χ2n) is 6.13. The maximum absolute atomic E-state index is 13.6. The van der Waals surface area contributed by atoms with E-state index in [1.807, 2.05) is 30.3 Å².